The first-order chi connectivity index (χ1) is 12.3. The van der Waals surface area contributed by atoms with E-state index in [4.69, 9.17) is 0 Å². The highest BCUT2D eigenvalue weighted by Crippen LogP contribution is 2.30. The topological polar surface area (TPSA) is 71.8 Å². The van der Waals surface area contributed by atoms with Crippen molar-refractivity contribution in [3.8, 4) is 5.82 Å². The van der Waals surface area contributed by atoms with Crippen molar-refractivity contribution >= 4 is 6.03 Å². The second kappa shape index (κ2) is 6.76. The minimum atomic E-state index is -0.165. The van der Waals surface area contributed by atoms with Gasteiger partial charge in [-0.15, -0.1) is 0 Å². The predicted molar refractivity (Wildman–Crippen MR) is 94.2 cm³/mol. The lowest BCUT2D eigenvalue weighted by atomic mass is 10.1. The monoisotopic (exact) mass is 333 g/mol. The molecule has 2 amide bonds. The molecule has 6 nitrogen and oxygen atoms in total. The van der Waals surface area contributed by atoms with Gasteiger partial charge in [0.1, 0.15) is 12.1 Å². The van der Waals surface area contributed by atoms with Gasteiger partial charge in [-0.2, -0.15) is 0 Å². The Morgan fingerprint density at radius 2 is 2.12 bits per heavy atom. The molecule has 1 unspecified atom stereocenters. The van der Waals surface area contributed by atoms with Crippen LogP contribution in [0.2, 0.25) is 0 Å². The van der Waals surface area contributed by atoms with E-state index in [0.717, 1.165) is 24.2 Å². The molecule has 1 atom stereocenters. The average Bonchev–Trinajstić information content (AvgIpc) is 3.31. The molecule has 2 heterocycles. The molecule has 4 rings (SSSR count). The molecule has 0 fully saturated rings. The molecular weight excluding hydrogens is 314 g/mol. The molecule has 0 radical (unpaired) electrons. The molecule has 0 bridgehead atoms. The highest BCUT2D eigenvalue weighted by molar-refractivity contribution is 5.74. The first kappa shape index (κ1) is 15.4. The molecule has 25 heavy (non-hydrogen) atoms. The second-order valence-electron chi connectivity index (χ2n) is 6.07. The Balaban J connectivity index is 1.41. The largest absolute Gasteiger partial charge is 0.334 e. The number of amides is 2. The maximum Gasteiger partial charge on any atom is 0.315 e. The number of benzene rings is 1. The average molecular weight is 333 g/mol. The van der Waals surface area contributed by atoms with Crippen molar-refractivity contribution < 1.29 is 4.79 Å². The van der Waals surface area contributed by atoms with Gasteiger partial charge in [0.05, 0.1) is 6.04 Å². The first-order valence-corrected chi connectivity index (χ1v) is 8.35. The van der Waals surface area contributed by atoms with Crippen LogP contribution >= 0.6 is 0 Å². The quantitative estimate of drug-likeness (QED) is 0.771. The van der Waals surface area contributed by atoms with E-state index >= 15 is 0 Å². The van der Waals surface area contributed by atoms with Gasteiger partial charge in [-0.3, -0.25) is 4.57 Å². The van der Waals surface area contributed by atoms with E-state index in [1.807, 2.05) is 35.0 Å². The summed E-state index contributed by atoms with van der Waals surface area (Å²) in [6, 6.07) is 12.0. The summed E-state index contributed by atoms with van der Waals surface area (Å²) in [5, 5.41) is 6.01. The number of fused-ring (bicyclic) bond motifs is 1. The van der Waals surface area contributed by atoms with Crippen LogP contribution < -0.4 is 10.6 Å². The van der Waals surface area contributed by atoms with Gasteiger partial charge in [-0.05, 0) is 30.0 Å². The molecule has 0 saturated carbocycles. The summed E-state index contributed by atoms with van der Waals surface area (Å²) in [7, 11) is 0. The van der Waals surface area contributed by atoms with E-state index in [1.54, 1.807) is 18.7 Å². The van der Waals surface area contributed by atoms with Crippen molar-refractivity contribution in [1.82, 2.24) is 25.2 Å². The van der Waals surface area contributed by atoms with E-state index in [1.165, 1.54) is 11.1 Å². The molecule has 1 aliphatic carbocycles. The molecule has 0 spiro atoms. The lowest BCUT2D eigenvalue weighted by Crippen LogP contribution is -2.37. The Bertz CT molecular complexity index is 875. The minimum Gasteiger partial charge on any atom is -0.334 e. The third-order valence-corrected chi connectivity index (χ3v) is 4.49. The van der Waals surface area contributed by atoms with Crippen molar-refractivity contribution in [3.63, 3.8) is 0 Å². The van der Waals surface area contributed by atoms with Crippen molar-refractivity contribution in [1.29, 1.82) is 0 Å². The zero-order valence-corrected chi connectivity index (χ0v) is 13.7. The maximum absolute atomic E-state index is 12.3. The number of nitrogens with zero attached hydrogens (tertiary/aromatic N) is 3. The van der Waals surface area contributed by atoms with Gasteiger partial charge in [0.2, 0.25) is 0 Å². The molecule has 2 aromatic heterocycles. The van der Waals surface area contributed by atoms with Gasteiger partial charge in [-0.25, -0.2) is 14.8 Å². The SMILES string of the molecule is O=C(NCc1cccnc1-n1ccnc1)NC1CCc2ccccc21. The number of aryl methyl sites for hydroxylation is 1. The fourth-order valence-electron chi connectivity index (χ4n) is 3.28. The van der Waals surface area contributed by atoms with E-state index in [-0.39, 0.29) is 12.1 Å². The maximum atomic E-state index is 12.3. The third-order valence-electron chi connectivity index (χ3n) is 4.49. The zero-order valence-electron chi connectivity index (χ0n) is 13.7. The Morgan fingerprint density at radius 3 is 3.00 bits per heavy atom. The smallest absolute Gasteiger partial charge is 0.315 e. The van der Waals surface area contributed by atoms with E-state index < -0.39 is 0 Å². The number of imidazole rings is 1. The van der Waals surface area contributed by atoms with Crippen molar-refractivity contribution in [2.24, 2.45) is 0 Å². The van der Waals surface area contributed by atoms with E-state index in [2.05, 4.69) is 32.7 Å². The Hall–Kier alpha value is -3.15. The third kappa shape index (κ3) is 3.24. The van der Waals surface area contributed by atoms with Gasteiger partial charge >= 0.3 is 6.03 Å². The lowest BCUT2D eigenvalue weighted by molar-refractivity contribution is 0.236. The van der Waals surface area contributed by atoms with Crippen molar-refractivity contribution in [2.45, 2.75) is 25.4 Å². The Kier molecular flexibility index (Phi) is 4.16. The molecule has 6 heteroatoms. The van der Waals surface area contributed by atoms with Crippen LogP contribution in [0.5, 0.6) is 0 Å². The van der Waals surface area contributed by atoms with Crippen LogP contribution in [0.4, 0.5) is 4.79 Å². The summed E-state index contributed by atoms with van der Waals surface area (Å²) in [5.41, 5.74) is 3.48. The Labute approximate surface area is 145 Å². The van der Waals surface area contributed by atoms with Crippen LogP contribution in [0.3, 0.4) is 0 Å². The molecule has 0 saturated heterocycles. The number of carbonyl (C=O) groups excluding carboxylic acids is 1. The second-order valence-corrected chi connectivity index (χ2v) is 6.07. The molecule has 126 valence electrons. The van der Waals surface area contributed by atoms with Crippen molar-refractivity contribution in [2.75, 3.05) is 0 Å². The summed E-state index contributed by atoms with van der Waals surface area (Å²) in [6.45, 7) is 0.404. The minimum absolute atomic E-state index is 0.0817. The van der Waals surface area contributed by atoms with Crippen LogP contribution in [0.15, 0.2) is 61.3 Å². The number of aromatic nitrogens is 3. The molecule has 0 aliphatic heterocycles. The van der Waals surface area contributed by atoms with Gasteiger partial charge in [0.25, 0.3) is 0 Å². The molecule has 1 aromatic carbocycles. The van der Waals surface area contributed by atoms with Gasteiger partial charge in [0.15, 0.2) is 0 Å². The number of carbonyl (C=O) groups is 1. The summed E-state index contributed by atoms with van der Waals surface area (Å²) >= 11 is 0. The summed E-state index contributed by atoms with van der Waals surface area (Å²) in [5.74, 6) is 0.770. The molecule has 2 N–H and O–H groups in total. The number of rotatable bonds is 4. The number of hydrogen-bond donors (Lipinski definition) is 2. The van der Waals surface area contributed by atoms with Crippen LogP contribution in [0.1, 0.15) is 29.2 Å². The van der Waals surface area contributed by atoms with E-state index in [9.17, 15) is 4.79 Å². The van der Waals surface area contributed by atoms with E-state index in [0.29, 0.717) is 6.54 Å². The summed E-state index contributed by atoms with van der Waals surface area (Å²) in [4.78, 5) is 20.7. The van der Waals surface area contributed by atoms with Crippen LogP contribution in [0.25, 0.3) is 5.82 Å². The zero-order chi connectivity index (χ0) is 17.1. The number of hydrogen-bond acceptors (Lipinski definition) is 3. The fraction of sp³-hybridized carbons (Fsp3) is 0.211. The van der Waals surface area contributed by atoms with Gasteiger partial charge < -0.3 is 10.6 Å². The number of urea groups is 1. The van der Waals surface area contributed by atoms with Gasteiger partial charge in [-0.1, -0.05) is 30.3 Å². The Morgan fingerprint density at radius 1 is 1.20 bits per heavy atom. The normalized spacial score (nSPS) is 15.6. The molecular formula is C19H19N5O. The van der Waals surface area contributed by atoms with Crippen LogP contribution in [-0.4, -0.2) is 20.6 Å². The van der Waals surface area contributed by atoms with Crippen molar-refractivity contribution in [3.05, 3.63) is 78.0 Å². The highest BCUT2D eigenvalue weighted by Gasteiger charge is 2.23. The van der Waals surface area contributed by atoms with Crippen LogP contribution in [-0.2, 0) is 13.0 Å². The lowest BCUT2D eigenvalue weighted by Gasteiger charge is -2.15. The number of nitrogens with one attached hydrogen (secondary N) is 2. The summed E-state index contributed by atoms with van der Waals surface area (Å²) < 4.78 is 1.84. The molecule has 1 aliphatic rings. The number of pyridine rings is 1. The highest BCUT2D eigenvalue weighted by atomic mass is 16.2. The standard InChI is InChI=1S/C19H19N5O/c25-19(23-17-8-7-14-4-1-2-6-16(14)17)22-12-15-5-3-9-21-18(15)24-11-10-20-13-24/h1-6,9-11,13,17H,7-8,12H2,(H2,22,23,25). The van der Waals surface area contributed by atoms with Gasteiger partial charge in [0, 0.05) is 30.7 Å². The predicted octanol–water partition coefficient (Wildman–Crippen LogP) is 2.75. The van der Waals surface area contributed by atoms with Crippen LogP contribution in [0, 0.1) is 0 Å². The molecule has 3 aromatic rings. The fourth-order valence-corrected chi connectivity index (χ4v) is 3.28. The summed E-state index contributed by atoms with van der Waals surface area (Å²) in [6.07, 6.45) is 8.92. The first-order valence-electron chi connectivity index (χ1n) is 8.35.